The van der Waals surface area contributed by atoms with E-state index >= 15 is 0 Å². The van der Waals surface area contributed by atoms with Crippen LogP contribution >= 0.6 is 0 Å². The lowest BCUT2D eigenvalue weighted by atomic mass is 10.0. The molecule has 0 saturated heterocycles. The summed E-state index contributed by atoms with van der Waals surface area (Å²) in [7, 11) is 1.36. The number of esters is 1. The molecule has 0 fully saturated rings. The Bertz CT molecular complexity index is 1310. The Balaban J connectivity index is 1.68. The molecule has 0 bridgehead atoms. The third-order valence-corrected chi connectivity index (χ3v) is 5.22. The topological polar surface area (TPSA) is 75.5 Å². The fourth-order valence-electron chi connectivity index (χ4n) is 3.65. The second kappa shape index (κ2) is 9.00. The molecule has 33 heavy (non-hydrogen) atoms. The largest absolute Gasteiger partial charge is 0.486 e. The van der Waals surface area contributed by atoms with Gasteiger partial charge in [0.25, 0.3) is 0 Å². The zero-order valence-corrected chi connectivity index (χ0v) is 18.0. The van der Waals surface area contributed by atoms with Crippen LogP contribution in [0.25, 0.3) is 28.6 Å². The molecule has 0 aliphatic carbocycles. The molecule has 0 atom stereocenters. The van der Waals surface area contributed by atoms with Gasteiger partial charge in [-0.3, -0.25) is 4.98 Å². The van der Waals surface area contributed by atoms with E-state index in [1.807, 2.05) is 60.8 Å². The molecular formula is C26H21N3O4. The first-order valence-electron chi connectivity index (χ1n) is 10.5. The molecule has 7 heteroatoms. The summed E-state index contributed by atoms with van der Waals surface area (Å²) in [4.78, 5) is 17.0. The van der Waals surface area contributed by atoms with E-state index < -0.39 is 5.97 Å². The van der Waals surface area contributed by atoms with Gasteiger partial charge in [0, 0.05) is 23.5 Å². The van der Waals surface area contributed by atoms with Gasteiger partial charge in [-0.2, -0.15) is 5.10 Å². The van der Waals surface area contributed by atoms with Crippen LogP contribution < -0.4 is 9.47 Å². The Kier molecular flexibility index (Phi) is 5.59. The second-order valence-electron chi connectivity index (χ2n) is 7.34. The number of fused-ring (bicyclic) bond motifs is 1. The minimum Gasteiger partial charge on any atom is -0.486 e. The van der Waals surface area contributed by atoms with Crippen LogP contribution in [0.3, 0.4) is 0 Å². The van der Waals surface area contributed by atoms with Crippen molar-refractivity contribution in [2.24, 2.45) is 0 Å². The maximum Gasteiger partial charge on any atom is 0.340 e. The van der Waals surface area contributed by atoms with Gasteiger partial charge in [0.2, 0.25) is 0 Å². The van der Waals surface area contributed by atoms with Crippen molar-refractivity contribution < 1.29 is 19.0 Å². The molecule has 1 aliphatic heterocycles. The van der Waals surface area contributed by atoms with E-state index in [4.69, 9.17) is 19.3 Å². The first-order chi connectivity index (χ1) is 16.2. The number of carbonyl (C=O) groups is 1. The van der Waals surface area contributed by atoms with E-state index in [-0.39, 0.29) is 0 Å². The van der Waals surface area contributed by atoms with Crippen LogP contribution in [0.2, 0.25) is 0 Å². The van der Waals surface area contributed by atoms with Crippen molar-refractivity contribution in [2.45, 2.75) is 0 Å². The van der Waals surface area contributed by atoms with Crippen LogP contribution in [-0.2, 0) is 9.53 Å². The summed E-state index contributed by atoms with van der Waals surface area (Å²) in [6.07, 6.45) is 5.28. The fraction of sp³-hybridized carbons (Fsp3) is 0.115. The van der Waals surface area contributed by atoms with Crippen LogP contribution in [0, 0.1) is 0 Å². The Hall–Kier alpha value is -4.39. The number of pyridine rings is 1. The molecule has 3 heterocycles. The molecule has 0 spiro atoms. The lowest BCUT2D eigenvalue weighted by Gasteiger charge is -2.18. The number of hydrogen-bond acceptors (Lipinski definition) is 6. The van der Waals surface area contributed by atoms with Gasteiger partial charge in [0.05, 0.1) is 24.1 Å². The predicted octanol–water partition coefficient (Wildman–Crippen LogP) is 4.42. The van der Waals surface area contributed by atoms with Crippen molar-refractivity contribution in [2.75, 3.05) is 20.3 Å². The van der Waals surface area contributed by atoms with Crippen LogP contribution in [0.5, 0.6) is 11.5 Å². The van der Waals surface area contributed by atoms with Crippen molar-refractivity contribution in [1.82, 2.24) is 14.8 Å². The molecule has 0 N–H and O–H groups in total. The highest BCUT2D eigenvalue weighted by Crippen LogP contribution is 2.36. The maximum atomic E-state index is 12.6. The number of nitrogens with zero attached hydrogens (tertiary/aromatic N) is 3. The molecular weight excluding hydrogens is 418 g/mol. The quantitative estimate of drug-likeness (QED) is 0.339. The van der Waals surface area contributed by atoms with Crippen molar-refractivity contribution in [1.29, 1.82) is 0 Å². The van der Waals surface area contributed by atoms with E-state index in [1.54, 1.807) is 29.1 Å². The first kappa shape index (κ1) is 20.5. The third kappa shape index (κ3) is 4.21. The monoisotopic (exact) mass is 439 g/mol. The lowest BCUT2D eigenvalue weighted by molar-refractivity contribution is -0.133. The van der Waals surface area contributed by atoms with E-state index in [0.717, 1.165) is 16.8 Å². The number of carbonyl (C=O) groups excluding carboxylic acids is 1. The van der Waals surface area contributed by atoms with Gasteiger partial charge in [-0.25, -0.2) is 9.48 Å². The molecule has 4 aromatic rings. The summed E-state index contributed by atoms with van der Waals surface area (Å²) >= 11 is 0. The third-order valence-electron chi connectivity index (χ3n) is 5.22. The van der Waals surface area contributed by atoms with Gasteiger partial charge < -0.3 is 14.2 Å². The van der Waals surface area contributed by atoms with E-state index in [9.17, 15) is 4.79 Å². The van der Waals surface area contributed by atoms with Gasteiger partial charge in [-0.05, 0) is 48.5 Å². The summed E-state index contributed by atoms with van der Waals surface area (Å²) in [5.74, 6) is 0.892. The molecule has 5 rings (SSSR count). The average Bonchev–Trinajstić information content (AvgIpc) is 3.31. The first-order valence-corrected chi connectivity index (χ1v) is 10.5. The molecule has 0 unspecified atom stereocenters. The fourth-order valence-corrected chi connectivity index (χ4v) is 3.65. The smallest absolute Gasteiger partial charge is 0.340 e. The molecule has 0 amide bonds. The van der Waals surface area contributed by atoms with Crippen molar-refractivity contribution in [3.05, 3.63) is 90.4 Å². The minimum absolute atomic E-state index is 0.338. The molecule has 0 saturated carbocycles. The molecule has 1 aliphatic rings. The molecule has 2 aromatic heterocycles. The molecule has 7 nitrogen and oxygen atoms in total. The SMILES string of the molecule is COC(=O)/C(=C/c1cn(-c2ccccc2)nc1-c1ccc2c(c1)OCCO2)c1ccccn1. The standard InChI is InChI=1S/C26H21N3O4/c1-31-26(30)21(22-9-5-6-12-27-22)15-19-17-29(20-7-3-2-4-8-20)28-25(19)18-10-11-23-24(16-18)33-14-13-32-23/h2-12,15-17H,13-14H2,1H3/b21-15+. The number of methoxy groups -OCH3 is 1. The normalized spacial score (nSPS) is 12.9. The lowest BCUT2D eigenvalue weighted by Crippen LogP contribution is -2.15. The summed E-state index contributed by atoms with van der Waals surface area (Å²) in [6.45, 7) is 1.02. The van der Waals surface area contributed by atoms with Gasteiger partial charge in [-0.15, -0.1) is 0 Å². The van der Waals surface area contributed by atoms with Crippen molar-refractivity contribution in [3.63, 3.8) is 0 Å². The van der Waals surface area contributed by atoms with Gasteiger partial charge in [0.1, 0.15) is 18.9 Å². The summed E-state index contributed by atoms with van der Waals surface area (Å²) in [6, 6.07) is 20.9. The maximum absolute atomic E-state index is 12.6. The second-order valence-corrected chi connectivity index (χ2v) is 7.34. The molecule has 164 valence electrons. The molecule has 2 aromatic carbocycles. The number of aromatic nitrogens is 3. The van der Waals surface area contributed by atoms with Gasteiger partial charge in [0.15, 0.2) is 11.5 Å². The van der Waals surface area contributed by atoms with E-state index in [0.29, 0.717) is 41.7 Å². The average molecular weight is 439 g/mol. The van der Waals surface area contributed by atoms with E-state index in [2.05, 4.69) is 4.98 Å². The highest BCUT2D eigenvalue weighted by Gasteiger charge is 2.19. The number of benzene rings is 2. The number of ether oxygens (including phenoxy) is 3. The van der Waals surface area contributed by atoms with E-state index in [1.165, 1.54) is 7.11 Å². The van der Waals surface area contributed by atoms with Gasteiger partial charge >= 0.3 is 5.97 Å². The number of para-hydroxylation sites is 1. The zero-order chi connectivity index (χ0) is 22.6. The highest BCUT2D eigenvalue weighted by atomic mass is 16.6. The summed E-state index contributed by atoms with van der Waals surface area (Å²) in [5.41, 5.74) is 4.02. The van der Waals surface area contributed by atoms with Crippen molar-refractivity contribution >= 4 is 17.6 Å². The number of hydrogen-bond donors (Lipinski definition) is 0. The predicted molar refractivity (Wildman–Crippen MR) is 124 cm³/mol. The van der Waals surface area contributed by atoms with Crippen LogP contribution in [0.4, 0.5) is 0 Å². The highest BCUT2D eigenvalue weighted by molar-refractivity contribution is 6.21. The Morgan fingerprint density at radius 1 is 1.00 bits per heavy atom. The van der Waals surface area contributed by atoms with Crippen LogP contribution in [-0.4, -0.2) is 41.1 Å². The Labute approximate surface area is 190 Å². The Morgan fingerprint density at radius 3 is 2.55 bits per heavy atom. The van der Waals surface area contributed by atoms with Crippen molar-refractivity contribution in [3.8, 4) is 28.4 Å². The van der Waals surface area contributed by atoms with Crippen LogP contribution in [0.1, 0.15) is 11.3 Å². The van der Waals surface area contributed by atoms with Crippen LogP contribution in [0.15, 0.2) is 79.1 Å². The minimum atomic E-state index is -0.478. The number of rotatable bonds is 5. The summed E-state index contributed by atoms with van der Waals surface area (Å²) < 4.78 is 18.2. The van der Waals surface area contributed by atoms with Gasteiger partial charge in [-0.1, -0.05) is 24.3 Å². The molecule has 0 radical (unpaired) electrons. The summed E-state index contributed by atoms with van der Waals surface area (Å²) in [5, 5.41) is 4.83. The Morgan fingerprint density at radius 2 is 1.79 bits per heavy atom. The zero-order valence-electron chi connectivity index (χ0n) is 18.0.